The van der Waals surface area contributed by atoms with Crippen molar-refractivity contribution in [3.8, 4) is 0 Å². The van der Waals surface area contributed by atoms with Crippen molar-refractivity contribution in [1.82, 2.24) is 4.57 Å². The van der Waals surface area contributed by atoms with E-state index in [0.717, 1.165) is 18.6 Å². The van der Waals surface area contributed by atoms with Gasteiger partial charge in [-0.1, -0.05) is 30.3 Å². The highest BCUT2D eigenvalue weighted by Crippen LogP contribution is 2.27. The van der Waals surface area contributed by atoms with Gasteiger partial charge in [-0.2, -0.15) is 0 Å². The van der Waals surface area contributed by atoms with Crippen LogP contribution in [0.15, 0.2) is 47.4 Å². The summed E-state index contributed by atoms with van der Waals surface area (Å²) >= 11 is 0. The van der Waals surface area contributed by atoms with Crippen molar-refractivity contribution in [3.63, 3.8) is 0 Å². The van der Waals surface area contributed by atoms with Gasteiger partial charge in [0.2, 0.25) is 0 Å². The zero-order valence-electron chi connectivity index (χ0n) is 11.0. The zero-order chi connectivity index (χ0) is 13.2. The fraction of sp³-hybridized carbons (Fsp3) is 0.312. The molecule has 1 aromatic carbocycles. The van der Waals surface area contributed by atoms with Crippen molar-refractivity contribution >= 4 is 0 Å². The lowest BCUT2D eigenvalue weighted by molar-refractivity contribution is 0.0299. The van der Waals surface area contributed by atoms with E-state index in [1.165, 1.54) is 11.1 Å². The molecule has 0 spiro atoms. The molecule has 0 fully saturated rings. The fourth-order valence-corrected chi connectivity index (χ4v) is 2.61. The quantitative estimate of drug-likeness (QED) is 0.825. The first kappa shape index (κ1) is 12.2. The molecule has 1 aliphatic heterocycles. The maximum Gasteiger partial charge on any atom is 0.253 e. The van der Waals surface area contributed by atoms with Crippen LogP contribution in [0.3, 0.4) is 0 Å². The highest BCUT2D eigenvalue weighted by molar-refractivity contribution is 5.30. The third-order valence-corrected chi connectivity index (χ3v) is 3.67. The molecule has 0 saturated carbocycles. The molecule has 1 unspecified atom stereocenters. The first-order valence-corrected chi connectivity index (χ1v) is 6.61. The minimum absolute atomic E-state index is 0.0237. The number of hydrogen-bond donors (Lipinski definition) is 0. The van der Waals surface area contributed by atoms with E-state index in [2.05, 4.69) is 18.2 Å². The van der Waals surface area contributed by atoms with E-state index in [9.17, 15) is 4.79 Å². The van der Waals surface area contributed by atoms with E-state index >= 15 is 0 Å². The second-order valence-corrected chi connectivity index (χ2v) is 4.96. The van der Waals surface area contributed by atoms with Crippen molar-refractivity contribution in [1.29, 1.82) is 0 Å². The Labute approximate surface area is 112 Å². The molecule has 0 bridgehead atoms. The molecule has 0 amide bonds. The Bertz CT molecular complexity index is 645. The summed E-state index contributed by atoms with van der Waals surface area (Å²) in [5, 5.41) is 0. The van der Waals surface area contributed by atoms with Gasteiger partial charge in [-0.15, -0.1) is 0 Å². The predicted molar refractivity (Wildman–Crippen MR) is 74.3 cm³/mol. The summed E-state index contributed by atoms with van der Waals surface area (Å²) in [7, 11) is 0. The number of fused-ring (bicyclic) bond motifs is 1. The van der Waals surface area contributed by atoms with E-state index in [0.29, 0.717) is 6.54 Å². The summed E-state index contributed by atoms with van der Waals surface area (Å²) in [4.78, 5) is 12.1. The van der Waals surface area contributed by atoms with Gasteiger partial charge < -0.3 is 9.30 Å². The number of pyridine rings is 1. The lowest BCUT2D eigenvalue weighted by atomic mass is 9.97. The van der Waals surface area contributed by atoms with Gasteiger partial charge in [0.1, 0.15) is 6.10 Å². The van der Waals surface area contributed by atoms with Gasteiger partial charge in [-0.25, -0.2) is 0 Å². The van der Waals surface area contributed by atoms with Gasteiger partial charge in [0.25, 0.3) is 5.56 Å². The summed E-state index contributed by atoms with van der Waals surface area (Å²) in [5.74, 6) is 0. The standard InChI is InChI=1S/C16H17NO2/c1-12-5-4-9-17(16(12)18)11-15-14-7-3-2-6-13(14)8-10-19-15/h2-7,9,15H,8,10-11H2,1H3. The maximum absolute atomic E-state index is 12.1. The Morgan fingerprint density at radius 2 is 2.11 bits per heavy atom. The monoisotopic (exact) mass is 255 g/mol. The number of ether oxygens (including phenoxy) is 1. The van der Waals surface area contributed by atoms with Crippen LogP contribution in [0.1, 0.15) is 22.8 Å². The van der Waals surface area contributed by atoms with Gasteiger partial charge in [0.05, 0.1) is 13.2 Å². The van der Waals surface area contributed by atoms with E-state index < -0.39 is 0 Å². The number of aromatic nitrogens is 1. The molecule has 0 radical (unpaired) electrons. The molecule has 1 atom stereocenters. The molecule has 98 valence electrons. The van der Waals surface area contributed by atoms with Crippen LogP contribution in [0.2, 0.25) is 0 Å². The summed E-state index contributed by atoms with van der Waals surface area (Å²) in [6.45, 7) is 3.15. The van der Waals surface area contributed by atoms with Crippen LogP contribution in [0.25, 0.3) is 0 Å². The zero-order valence-corrected chi connectivity index (χ0v) is 11.0. The first-order chi connectivity index (χ1) is 9.25. The van der Waals surface area contributed by atoms with Crippen LogP contribution in [-0.4, -0.2) is 11.2 Å². The second-order valence-electron chi connectivity index (χ2n) is 4.96. The molecule has 1 aromatic heterocycles. The number of benzene rings is 1. The van der Waals surface area contributed by atoms with E-state index in [4.69, 9.17) is 4.74 Å². The smallest absolute Gasteiger partial charge is 0.253 e. The topological polar surface area (TPSA) is 31.2 Å². The fourth-order valence-electron chi connectivity index (χ4n) is 2.61. The normalized spacial score (nSPS) is 18.1. The molecule has 0 aliphatic carbocycles. The van der Waals surface area contributed by atoms with Crippen LogP contribution >= 0.6 is 0 Å². The predicted octanol–water partition coefficient (Wildman–Crippen LogP) is 2.47. The Morgan fingerprint density at radius 1 is 1.26 bits per heavy atom. The molecular weight excluding hydrogens is 238 g/mol. The third kappa shape index (κ3) is 2.34. The van der Waals surface area contributed by atoms with Crippen molar-refractivity contribution < 1.29 is 4.74 Å². The molecule has 2 heterocycles. The minimum atomic E-state index is -0.0237. The van der Waals surface area contributed by atoms with Crippen molar-refractivity contribution in [2.75, 3.05) is 6.61 Å². The molecule has 0 saturated heterocycles. The van der Waals surface area contributed by atoms with Crippen molar-refractivity contribution in [3.05, 3.63) is 69.6 Å². The summed E-state index contributed by atoms with van der Waals surface area (Å²) in [6, 6.07) is 12.1. The molecule has 3 heteroatoms. The van der Waals surface area contributed by atoms with E-state index in [1.54, 1.807) is 4.57 Å². The second kappa shape index (κ2) is 5.02. The van der Waals surface area contributed by atoms with Gasteiger partial charge in [-0.3, -0.25) is 4.79 Å². The van der Waals surface area contributed by atoms with Crippen LogP contribution in [0.5, 0.6) is 0 Å². The molecule has 2 aromatic rings. The van der Waals surface area contributed by atoms with Crippen LogP contribution in [0.4, 0.5) is 0 Å². The molecule has 3 rings (SSSR count). The molecule has 19 heavy (non-hydrogen) atoms. The Balaban J connectivity index is 1.93. The number of nitrogens with zero attached hydrogens (tertiary/aromatic N) is 1. The van der Waals surface area contributed by atoms with Gasteiger partial charge >= 0.3 is 0 Å². The van der Waals surface area contributed by atoms with Crippen molar-refractivity contribution in [2.45, 2.75) is 26.0 Å². The Kier molecular flexibility index (Phi) is 3.22. The van der Waals surface area contributed by atoms with Gasteiger partial charge in [0.15, 0.2) is 0 Å². The van der Waals surface area contributed by atoms with Gasteiger partial charge in [-0.05, 0) is 30.5 Å². The van der Waals surface area contributed by atoms with E-state index in [1.807, 2.05) is 31.3 Å². The SMILES string of the molecule is Cc1cccn(CC2OCCc3ccccc32)c1=O. The average molecular weight is 255 g/mol. The average Bonchev–Trinajstić information content (AvgIpc) is 2.44. The lowest BCUT2D eigenvalue weighted by Gasteiger charge is -2.26. The minimum Gasteiger partial charge on any atom is -0.371 e. The highest BCUT2D eigenvalue weighted by atomic mass is 16.5. The Morgan fingerprint density at radius 3 is 3.00 bits per heavy atom. The number of hydrogen-bond acceptors (Lipinski definition) is 2. The first-order valence-electron chi connectivity index (χ1n) is 6.61. The number of rotatable bonds is 2. The van der Waals surface area contributed by atoms with Gasteiger partial charge in [0, 0.05) is 11.8 Å². The molecule has 1 aliphatic rings. The third-order valence-electron chi connectivity index (χ3n) is 3.67. The summed E-state index contributed by atoms with van der Waals surface area (Å²) in [5.41, 5.74) is 3.38. The summed E-state index contributed by atoms with van der Waals surface area (Å²) in [6.07, 6.45) is 2.76. The molecule has 0 N–H and O–H groups in total. The van der Waals surface area contributed by atoms with Crippen LogP contribution in [0, 0.1) is 6.92 Å². The largest absolute Gasteiger partial charge is 0.371 e. The molecular formula is C16H17NO2. The van der Waals surface area contributed by atoms with E-state index in [-0.39, 0.29) is 11.7 Å². The van der Waals surface area contributed by atoms with Crippen LogP contribution < -0.4 is 5.56 Å². The molecule has 3 nitrogen and oxygen atoms in total. The summed E-state index contributed by atoms with van der Waals surface area (Å²) < 4.78 is 7.58. The lowest BCUT2D eigenvalue weighted by Crippen LogP contribution is -2.27. The van der Waals surface area contributed by atoms with Crippen LogP contribution in [-0.2, 0) is 17.7 Å². The number of aryl methyl sites for hydroxylation is 1. The van der Waals surface area contributed by atoms with Crippen molar-refractivity contribution in [2.24, 2.45) is 0 Å². The Hall–Kier alpha value is -1.87. The highest BCUT2D eigenvalue weighted by Gasteiger charge is 2.21. The maximum atomic E-state index is 12.1.